The first-order chi connectivity index (χ1) is 14.1. The highest BCUT2D eigenvalue weighted by atomic mass is 32.1. The number of anilines is 1. The number of benzene rings is 2. The summed E-state index contributed by atoms with van der Waals surface area (Å²) in [6, 6.07) is 13.5. The summed E-state index contributed by atoms with van der Waals surface area (Å²) in [5, 5.41) is 0.749. The average Bonchev–Trinajstić information content (AvgIpc) is 3.17. The van der Waals surface area contributed by atoms with Crippen molar-refractivity contribution in [1.29, 1.82) is 0 Å². The lowest BCUT2D eigenvalue weighted by atomic mass is 10.2. The van der Waals surface area contributed by atoms with Crippen molar-refractivity contribution in [3.63, 3.8) is 0 Å². The second kappa shape index (κ2) is 8.90. The molecular weight excluding hydrogens is 386 g/mol. The summed E-state index contributed by atoms with van der Waals surface area (Å²) in [4.78, 5) is 21.4. The van der Waals surface area contributed by atoms with Crippen LogP contribution < -0.4 is 14.5 Å². The van der Waals surface area contributed by atoms with Gasteiger partial charge >= 0.3 is 0 Å². The second-order valence-electron chi connectivity index (χ2n) is 7.27. The minimum atomic E-state index is -0.0314. The van der Waals surface area contributed by atoms with Crippen LogP contribution in [0, 0.1) is 6.92 Å². The molecule has 6 nitrogen and oxygen atoms in total. The molecule has 1 aliphatic rings. The van der Waals surface area contributed by atoms with Gasteiger partial charge in [-0.1, -0.05) is 17.4 Å². The number of nitrogens with one attached hydrogen (secondary N) is 1. The van der Waals surface area contributed by atoms with Gasteiger partial charge in [0, 0.05) is 5.56 Å². The van der Waals surface area contributed by atoms with E-state index < -0.39 is 0 Å². The van der Waals surface area contributed by atoms with Crippen LogP contribution in [0.1, 0.15) is 15.9 Å². The molecule has 2 aromatic carbocycles. The molecule has 0 saturated carbocycles. The van der Waals surface area contributed by atoms with E-state index in [1.807, 2.05) is 35.2 Å². The number of rotatable bonds is 6. The smallest absolute Gasteiger partial charge is 0.260 e. The Balaban J connectivity index is 1.61. The van der Waals surface area contributed by atoms with Crippen molar-refractivity contribution >= 4 is 32.6 Å². The third-order valence-corrected chi connectivity index (χ3v) is 6.28. The molecule has 1 saturated heterocycles. The average molecular weight is 413 g/mol. The number of aryl methyl sites for hydroxylation is 1. The molecule has 29 heavy (non-hydrogen) atoms. The summed E-state index contributed by atoms with van der Waals surface area (Å²) in [5.41, 5.74) is 2.76. The van der Waals surface area contributed by atoms with Gasteiger partial charge in [-0.05, 0) is 48.9 Å². The van der Waals surface area contributed by atoms with E-state index in [9.17, 15) is 4.79 Å². The number of methoxy groups -OCH3 is 1. The maximum atomic E-state index is 13.4. The molecule has 0 unspecified atom stereocenters. The van der Waals surface area contributed by atoms with Crippen LogP contribution in [0.4, 0.5) is 5.13 Å². The molecule has 0 bridgehead atoms. The molecule has 0 spiro atoms. The van der Waals surface area contributed by atoms with E-state index in [-0.39, 0.29) is 5.91 Å². The number of morpholine rings is 1. The Morgan fingerprint density at radius 1 is 1.21 bits per heavy atom. The number of ether oxygens (including phenoxy) is 2. The molecule has 1 N–H and O–H groups in total. The van der Waals surface area contributed by atoms with E-state index in [0.717, 1.165) is 53.9 Å². The Morgan fingerprint density at radius 2 is 1.97 bits per heavy atom. The lowest BCUT2D eigenvalue weighted by Gasteiger charge is -2.27. The first-order valence-corrected chi connectivity index (χ1v) is 10.7. The molecule has 1 amide bonds. The highest BCUT2D eigenvalue weighted by Gasteiger charge is 2.24. The molecule has 1 aromatic heterocycles. The van der Waals surface area contributed by atoms with Gasteiger partial charge in [-0.3, -0.25) is 9.69 Å². The number of aromatic nitrogens is 1. The molecule has 2 heterocycles. The topological polar surface area (TPSA) is 56.1 Å². The van der Waals surface area contributed by atoms with E-state index in [2.05, 4.69) is 19.1 Å². The van der Waals surface area contributed by atoms with Gasteiger partial charge in [0.2, 0.25) is 0 Å². The quantitative estimate of drug-likeness (QED) is 0.674. The van der Waals surface area contributed by atoms with Crippen LogP contribution in [0.5, 0.6) is 5.75 Å². The van der Waals surface area contributed by atoms with Crippen LogP contribution in [0.3, 0.4) is 0 Å². The predicted molar refractivity (Wildman–Crippen MR) is 115 cm³/mol. The first-order valence-electron chi connectivity index (χ1n) is 9.88. The molecule has 4 rings (SSSR count). The van der Waals surface area contributed by atoms with Crippen LogP contribution in [-0.2, 0) is 4.74 Å². The predicted octanol–water partition coefficient (Wildman–Crippen LogP) is 2.18. The number of carbonyl (C=O) groups excluding carboxylic acids is 1. The third-order valence-electron chi connectivity index (χ3n) is 5.23. The van der Waals surface area contributed by atoms with Gasteiger partial charge in [-0.2, -0.15) is 0 Å². The van der Waals surface area contributed by atoms with E-state index in [0.29, 0.717) is 12.1 Å². The molecule has 0 radical (unpaired) electrons. The summed E-state index contributed by atoms with van der Waals surface area (Å²) in [5.74, 6) is 0.706. The fourth-order valence-corrected chi connectivity index (χ4v) is 4.58. The number of thiazole rings is 1. The van der Waals surface area contributed by atoms with Crippen molar-refractivity contribution in [2.75, 3.05) is 51.4 Å². The third kappa shape index (κ3) is 4.58. The highest BCUT2D eigenvalue weighted by Crippen LogP contribution is 2.30. The standard InChI is InChI=1S/C22H25N3O3S/c1-16-3-8-19-20(15-16)29-22(23-19)25(10-9-24-11-13-28-14-12-24)21(26)17-4-6-18(27-2)7-5-17/h3-8,15H,9-14H2,1-2H3/p+1. The minimum absolute atomic E-state index is 0.0314. The van der Waals surface area contributed by atoms with Gasteiger partial charge in [0.05, 0.1) is 43.6 Å². The van der Waals surface area contributed by atoms with Crippen LogP contribution in [0.2, 0.25) is 0 Å². The second-order valence-corrected chi connectivity index (χ2v) is 8.27. The Labute approximate surface area is 174 Å². The maximum Gasteiger partial charge on any atom is 0.260 e. The molecule has 152 valence electrons. The Morgan fingerprint density at radius 3 is 2.69 bits per heavy atom. The Bertz CT molecular complexity index is 981. The van der Waals surface area contributed by atoms with Gasteiger partial charge in [0.25, 0.3) is 5.91 Å². The van der Waals surface area contributed by atoms with Crippen molar-refractivity contribution in [2.45, 2.75) is 6.92 Å². The van der Waals surface area contributed by atoms with Gasteiger partial charge in [0.1, 0.15) is 18.8 Å². The van der Waals surface area contributed by atoms with Crippen LogP contribution in [0.25, 0.3) is 10.2 Å². The summed E-state index contributed by atoms with van der Waals surface area (Å²) in [6.45, 7) is 7.08. The first kappa shape index (κ1) is 19.8. The van der Waals surface area contributed by atoms with E-state index in [1.165, 1.54) is 10.5 Å². The molecule has 0 aliphatic carbocycles. The van der Waals surface area contributed by atoms with Crippen LogP contribution in [0.15, 0.2) is 42.5 Å². The highest BCUT2D eigenvalue weighted by molar-refractivity contribution is 7.22. The molecule has 1 fully saturated rings. The SMILES string of the molecule is COc1ccc(C(=O)N(CC[NH+]2CCOCC2)c2nc3ccc(C)cc3s2)cc1. The van der Waals surface area contributed by atoms with Crippen LogP contribution >= 0.6 is 11.3 Å². The van der Waals surface area contributed by atoms with Crippen molar-refractivity contribution in [3.8, 4) is 5.75 Å². The van der Waals surface area contributed by atoms with E-state index >= 15 is 0 Å². The Kier molecular flexibility index (Phi) is 6.08. The van der Waals surface area contributed by atoms with Crippen molar-refractivity contribution < 1.29 is 19.2 Å². The van der Waals surface area contributed by atoms with Gasteiger partial charge in [-0.15, -0.1) is 0 Å². The monoisotopic (exact) mass is 412 g/mol. The van der Waals surface area contributed by atoms with E-state index in [1.54, 1.807) is 18.4 Å². The molecular formula is C22H26N3O3S+. The molecule has 1 aliphatic heterocycles. The number of amides is 1. The lowest BCUT2D eigenvalue weighted by Crippen LogP contribution is -3.14. The number of nitrogens with zero attached hydrogens (tertiary/aromatic N) is 2. The fourth-order valence-electron chi connectivity index (χ4n) is 3.49. The summed E-state index contributed by atoms with van der Waals surface area (Å²) in [6.07, 6.45) is 0. The Hall–Kier alpha value is -2.48. The van der Waals surface area contributed by atoms with Crippen molar-refractivity contribution in [3.05, 3.63) is 53.6 Å². The number of carbonyl (C=O) groups is 1. The zero-order valence-electron chi connectivity index (χ0n) is 16.8. The summed E-state index contributed by atoms with van der Waals surface area (Å²) in [7, 11) is 1.62. The van der Waals surface area contributed by atoms with Crippen molar-refractivity contribution in [2.24, 2.45) is 0 Å². The zero-order valence-corrected chi connectivity index (χ0v) is 17.6. The number of fused-ring (bicyclic) bond motifs is 1. The number of quaternary nitrogens is 1. The maximum absolute atomic E-state index is 13.4. The van der Waals surface area contributed by atoms with Gasteiger partial charge in [-0.25, -0.2) is 4.98 Å². The van der Waals surface area contributed by atoms with Crippen LogP contribution in [-0.4, -0.2) is 57.4 Å². The van der Waals surface area contributed by atoms with E-state index in [4.69, 9.17) is 14.5 Å². The number of hydrogen-bond donors (Lipinski definition) is 1. The van der Waals surface area contributed by atoms with Gasteiger partial charge in [0.15, 0.2) is 5.13 Å². The van der Waals surface area contributed by atoms with Crippen molar-refractivity contribution in [1.82, 2.24) is 4.98 Å². The molecule has 3 aromatic rings. The molecule has 7 heteroatoms. The summed E-state index contributed by atoms with van der Waals surface area (Å²) < 4.78 is 11.8. The zero-order chi connectivity index (χ0) is 20.2. The lowest BCUT2D eigenvalue weighted by molar-refractivity contribution is -0.906. The fraction of sp³-hybridized carbons (Fsp3) is 0.364. The normalized spacial score (nSPS) is 14.8. The molecule has 0 atom stereocenters. The minimum Gasteiger partial charge on any atom is -0.497 e. The number of hydrogen-bond acceptors (Lipinski definition) is 5. The summed E-state index contributed by atoms with van der Waals surface area (Å²) >= 11 is 1.57. The largest absolute Gasteiger partial charge is 0.497 e. The van der Waals surface area contributed by atoms with Gasteiger partial charge < -0.3 is 14.4 Å².